The summed E-state index contributed by atoms with van der Waals surface area (Å²) in [6, 6.07) is 15.1. The van der Waals surface area contributed by atoms with Crippen molar-refractivity contribution in [3.63, 3.8) is 0 Å². The summed E-state index contributed by atoms with van der Waals surface area (Å²) in [5.74, 6) is -2.34. The third-order valence-electron chi connectivity index (χ3n) is 5.34. The number of halogens is 2. The predicted molar refractivity (Wildman–Crippen MR) is 124 cm³/mol. The number of phenolic OH excluding ortho intramolecular Hbond substituents is 2. The van der Waals surface area contributed by atoms with Crippen LogP contribution in [0.2, 0.25) is 0 Å². The highest BCUT2D eigenvalue weighted by Gasteiger charge is 2.13. The first-order valence-electron chi connectivity index (χ1n) is 10.9. The lowest BCUT2D eigenvalue weighted by Crippen LogP contribution is -2.32. The second-order valence-corrected chi connectivity index (χ2v) is 8.33. The maximum absolute atomic E-state index is 13.3. The summed E-state index contributed by atoms with van der Waals surface area (Å²) < 4.78 is 26.3. The fourth-order valence-corrected chi connectivity index (χ4v) is 3.63. The van der Waals surface area contributed by atoms with Crippen LogP contribution in [0.5, 0.6) is 11.5 Å². The van der Waals surface area contributed by atoms with Crippen molar-refractivity contribution in [2.24, 2.45) is 0 Å². The lowest BCUT2D eigenvalue weighted by Gasteiger charge is -2.18. The van der Waals surface area contributed by atoms with Gasteiger partial charge in [-0.25, -0.2) is 8.78 Å². The van der Waals surface area contributed by atoms with Crippen molar-refractivity contribution in [3.8, 4) is 11.5 Å². The molecule has 3 aromatic carbocycles. The predicted octanol–water partition coefficient (Wildman–Crippen LogP) is 3.49. The van der Waals surface area contributed by atoms with Crippen molar-refractivity contribution < 1.29 is 28.9 Å². The van der Waals surface area contributed by atoms with E-state index < -0.39 is 17.7 Å². The number of aromatic hydroxyl groups is 2. The van der Waals surface area contributed by atoms with Gasteiger partial charge >= 0.3 is 0 Å². The molecule has 5 N–H and O–H groups in total. The van der Waals surface area contributed by atoms with Crippen LogP contribution in [0.3, 0.4) is 0 Å². The molecule has 0 bridgehead atoms. The first-order chi connectivity index (χ1) is 16.2. The largest absolute Gasteiger partial charge is 0.508 e. The summed E-state index contributed by atoms with van der Waals surface area (Å²) in [5.41, 5.74) is 2.72. The van der Waals surface area contributed by atoms with Crippen molar-refractivity contribution in [2.45, 2.75) is 38.5 Å². The number of rotatable bonds is 10. The molecule has 180 valence electrons. The molecule has 0 aliphatic heterocycles. The number of hydrogen-bond donors (Lipinski definition) is 5. The van der Waals surface area contributed by atoms with Gasteiger partial charge in [0.05, 0.1) is 12.5 Å². The molecule has 0 unspecified atom stereocenters. The minimum atomic E-state index is -0.949. The average Bonchev–Trinajstić information content (AvgIpc) is 2.78. The van der Waals surface area contributed by atoms with Crippen LogP contribution in [-0.2, 0) is 24.2 Å². The van der Waals surface area contributed by atoms with E-state index in [-0.39, 0.29) is 43.0 Å². The van der Waals surface area contributed by atoms with Crippen LogP contribution in [0.4, 0.5) is 8.78 Å². The molecule has 34 heavy (non-hydrogen) atoms. The normalized spacial score (nSPS) is 12.8. The van der Waals surface area contributed by atoms with Gasteiger partial charge < -0.3 is 26.0 Å². The number of nitrogens with one attached hydrogen (secondary N) is 2. The fraction of sp³-hybridized carbons (Fsp3) is 0.269. The van der Waals surface area contributed by atoms with Gasteiger partial charge in [-0.2, -0.15) is 0 Å². The lowest BCUT2D eigenvalue weighted by atomic mass is 10.0. The molecular formula is C26H28F2N2O4. The van der Waals surface area contributed by atoms with E-state index in [1.807, 2.05) is 31.2 Å². The molecule has 0 fully saturated rings. The van der Waals surface area contributed by atoms with E-state index in [0.29, 0.717) is 17.5 Å². The van der Waals surface area contributed by atoms with E-state index in [4.69, 9.17) is 0 Å². The molecule has 0 spiro atoms. The van der Waals surface area contributed by atoms with Gasteiger partial charge in [0, 0.05) is 25.2 Å². The van der Waals surface area contributed by atoms with Crippen LogP contribution in [0, 0.1) is 11.6 Å². The topological polar surface area (TPSA) is 102 Å². The minimum absolute atomic E-state index is 0.0120. The van der Waals surface area contributed by atoms with Gasteiger partial charge in [-0.1, -0.05) is 30.3 Å². The molecule has 0 heterocycles. The summed E-state index contributed by atoms with van der Waals surface area (Å²) in [7, 11) is 0. The molecule has 0 saturated heterocycles. The Morgan fingerprint density at radius 3 is 2.32 bits per heavy atom. The first kappa shape index (κ1) is 25.1. The Hall–Kier alpha value is -3.49. The second kappa shape index (κ2) is 11.6. The molecule has 6 nitrogen and oxygen atoms in total. The monoisotopic (exact) mass is 470 g/mol. The van der Waals surface area contributed by atoms with Crippen LogP contribution in [0.1, 0.15) is 35.3 Å². The number of phenols is 2. The van der Waals surface area contributed by atoms with E-state index in [1.165, 1.54) is 24.3 Å². The van der Waals surface area contributed by atoms with Crippen LogP contribution in [-0.4, -0.2) is 33.8 Å². The quantitative estimate of drug-likeness (QED) is 0.312. The van der Waals surface area contributed by atoms with Gasteiger partial charge in [-0.15, -0.1) is 0 Å². The molecule has 1 amide bonds. The van der Waals surface area contributed by atoms with Crippen LogP contribution in [0.15, 0.2) is 60.7 Å². The third-order valence-corrected chi connectivity index (χ3v) is 5.34. The van der Waals surface area contributed by atoms with Crippen molar-refractivity contribution in [3.05, 3.63) is 94.6 Å². The summed E-state index contributed by atoms with van der Waals surface area (Å²) in [6.07, 6.45) is -0.0912. The highest BCUT2D eigenvalue weighted by atomic mass is 19.2. The third kappa shape index (κ3) is 7.54. The van der Waals surface area contributed by atoms with Gasteiger partial charge in [-0.3, -0.25) is 4.79 Å². The zero-order valence-corrected chi connectivity index (χ0v) is 18.8. The molecule has 3 aromatic rings. The van der Waals surface area contributed by atoms with Gasteiger partial charge in [0.15, 0.2) is 11.6 Å². The van der Waals surface area contributed by atoms with Crippen molar-refractivity contribution in [1.29, 1.82) is 0 Å². The fourth-order valence-electron chi connectivity index (χ4n) is 3.63. The Kier molecular flexibility index (Phi) is 8.56. The average molecular weight is 471 g/mol. The van der Waals surface area contributed by atoms with Crippen LogP contribution in [0.25, 0.3) is 0 Å². The molecule has 0 aliphatic rings. The number of carbonyl (C=O) groups excluding carboxylic acids is 1. The maximum atomic E-state index is 13.3. The number of aliphatic hydroxyl groups excluding tert-OH is 1. The Balaban J connectivity index is 1.48. The molecular weight excluding hydrogens is 442 g/mol. The van der Waals surface area contributed by atoms with Crippen LogP contribution >= 0.6 is 0 Å². The lowest BCUT2D eigenvalue weighted by molar-refractivity contribution is -0.120. The number of carbonyl (C=O) groups is 1. The Labute approximate surface area is 196 Å². The van der Waals surface area contributed by atoms with E-state index in [2.05, 4.69) is 10.6 Å². The number of hydrogen-bond acceptors (Lipinski definition) is 5. The molecule has 3 rings (SSSR count). The summed E-state index contributed by atoms with van der Waals surface area (Å²) in [6.45, 7) is 2.31. The van der Waals surface area contributed by atoms with Crippen molar-refractivity contribution in [2.75, 3.05) is 6.54 Å². The van der Waals surface area contributed by atoms with Gasteiger partial charge in [0.2, 0.25) is 5.91 Å². The number of aliphatic hydroxyl groups is 1. The molecule has 0 saturated carbocycles. The summed E-state index contributed by atoms with van der Waals surface area (Å²) in [4.78, 5) is 12.3. The number of benzene rings is 3. The molecule has 2 atom stereocenters. The van der Waals surface area contributed by atoms with Crippen molar-refractivity contribution >= 4 is 5.91 Å². The maximum Gasteiger partial charge on any atom is 0.224 e. The highest BCUT2D eigenvalue weighted by molar-refractivity contribution is 5.78. The standard InChI is InChI=1S/C26H28F2N2O4/c1-16(29-15-25(33)20-11-21(31)13-22(32)12-20)7-17-3-2-4-18(8-17)10-26(34)30-14-19-5-6-23(27)24(28)9-19/h2-6,8-9,11-13,16,25,29,31-33H,7,10,14-15H2,1H3,(H,30,34)/t16-,25+/m1/s1. The zero-order valence-electron chi connectivity index (χ0n) is 18.8. The Morgan fingerprint density at radius 2 is 1.62 bits per heavy atom. The van der Waals surface area contributed by atoms with E-state index in [1.54, 1.807) is 0 Å². The van der Waals surface area contributed by atoms with E-state index in [0.717, 1.165) is 23.3 Å². The smallest absolute Gasteiger partial charge is 0.224 e. The molecule has 8 heteroatoms. The Bertz CT molecular complexity index is 1120. The SMILES string of the molecule is C[C@H](Cc1cccc(CC(=O)NCc2ccc(F)c(F)c2)c1)NC[C@H](O)c1cc(O)cc(O)c1. The van der Waals surface area contributed by atoms with Crippen molar-refractivity contribution in [1.82, 2.24) is 10.6 Å². The molecule has 0 aliphatic carbocycles. The number of amides is 1. The summed E-state index contributed by atoms with van der Waals surface area (Å²) >= 11 is 0. The Morgan fingerprint density at radius 1 is 0.912 bits per heavy atom. The van der Waals surface area contributed by atoms with Gasteiger partial charge in [0.1, 0.15) is 11.5 Å². The first-order valence-corrected chi connectivity index (χ1v) is 10.9. The van der Waals surface area contributed by atoms with E-state index >= 15 is 0 Å². The van der Waals surface area contributed by atoms with E-state index in [9.17, 15) is 28.9 Å². The zero-order chi connectivity index (χ0) is 24.7. The van der Waals surface area contributed by atoms with Gasteiger partial charge in [-0.05, 0) is 59.9 Å². The van der Waals surface area contributed by atoms with Crippen LogP contribution < -0.4 is 10.6 Å². The van der Waals surface area contributed by atoms with Gasteiger partial charge in [0.25, 0.3) is 0 Å². The molecule has 0 aromatic heterocycles. The molecule has 0 radical (unpaired) electrons. The highest BCUT2D eigenvalue weighted by Crippen LogP contribution is 2.24. The second-order valence-electron chi connectivity index (χ2n) is 8.33. The minimum Gasteiger partial charge on any atom is -0.508 e. The summed E-state index contributed by atoms with van der Waals surface area (Å²) in [5, 5.41) is 35.4.